The Morgan fingerprint density at radius 2 is 2.60 bits per heavy atom. The third kappa shape index (κ3) is 4.20. The fourth-order valence-electron chi connectivity index (χ4n) is 0.0273. The average Bonchev–Trinajstić information content (AvgIpc) is 1.41. The van der Waals surface area contributed by atoms with Gasteiger partial charge in [-0.2, -0.15) is 0 Å². The third-order valence-electron chi connectivity index (χ3n) is 0.139. The number of alkyl halides is 1. The highest BCUT2D eigenvalue weighted by Gasteiger charge is 1.63. The molecule has 0 aromatic rings. The minimum absolute atomic E-state index is 0.640. The molecule has 0 aromatic heterocycles. The van der Waals surface area contributed by atoms with Crippen molar-refractivity contribution in [3.63, 3.8) is 0 Å². The van der Waals surface area contributed by atoms with Gasteiger partial charge in [-0.05, 0) is 0 Å². The van der Waals surface area contributed by atoms with Crippen molar-refractivity contribution in [1.29, 1.82) is 0 Å². The smallest absolute Gasteiger partial charge is 0.309 e. The first-order valence-corrected chi connectivity index (χ1v) is 2.60. The zero-order valence-electron chi connectivity index (χ0n) is 2.49. The predicted molar refractivity (Wildman–Crippen MR) is 27.7 cm³/mol. The Morgan fingerprint density at radius 1 is 2.00 bits per heavy atom. The molecule has 0 fully saturated rings. The van der Waals surface area contributed by atoms with Crippen LogP contribution in [0.15, 0.2) is 0 Å². The third-order valence-corrected chi connectivity index (χ3v) is 0.520. The van der Waals surface area contributed by atoms with Crippen LogP contribution in [0, 0.1) is 0 Å². The highest BCUT2D eigenvalue weighted by Crippen LogP contribution is 1.66. The zero-order chi connectivity index (χ0) is 4.12. The number of amides is 1. The van der Waals surface area contributed by atoms with Crippen LogP contribution in [-0.2, 0) is 4.79 Å². The van der Waals surface area contributed by atoms with E-state index in [1.165, 1.54) is 6.41 Å². The molecule has 0 heterocycles. The maximum absolute atomic E-state index is 9.16. The second-order valence-electron chi connectivity index (χ2n) is 0.412. The molecule has 29 valence electrons. The second kappa shape index (κ2) is 4.20. The van der Waals surface area contributed by atoms with E-state index in [0.29, 0.717) is 4.55 Å². The molecule has 3 heteroatoms. The molecule has 1 amide bonds. The fourth-order valence-corrected chi connectivity index (χ4v) is 0.183. The molecule has 0 aliphatic rings. The van der Waals surface area contributed by atoms with Crippen molar-refractivity contribution in [1.82, 2.24) is 5.32 Å². The maximum atomic E-state index is 9.16. The maximum Gasteiger partial charge on any atom is 0.309 e. The Morgan fingerprint density at radius 3 is 2.60 bits per heavy atom. The largest absolute Gasteiger partial charge is 0.339 e. The van der Waals surface area contributed by atoms with E-state index in [0.717, 1.165) is 0 Å². The average molecular weight is 184 g/mol. The molecule has 0 saturated carbocycles. The highest BCUT2D eigenvalue weighted by atomic mass is 127. The number of hydrogen-bond acceptors (Lipinski definition) is 1. The molecule has 0 aliphatic heterocycles. The van der Waals surface area contributed by atoms with E-state index < -0.39 is 0 Å². The number of halogens is 1. The van der Waals surface area contributed by atoms with Crippen LogP contribution in [0.25, 0.3) is 0 Å². The van der Waals surface area contributed by atoms with Crippen molar-refractivity contribution in [3.05, 3.63) is 0 Å². The minimum atomic E-state index is 0.640. The first kappa shape index (κ1) is 5.20. The molecular formula is C2H3INO. The molecule has 0 bridgehead atoms. The SMILES string of the molecule is O=[C]NCI. The molecule has 5 heavy (non-hydrogen) atoms. The van der Waals surface area contributed by atoms with E-state index in [1.807, 2.05) is 22.6 Å². The Kier molecular flexibility index (Phi) is 4.37. The van der Waals surface area contributed by atoms with E-state index in [-0.39, 0.29) is 0 Å². The summed E-state index contributed by atoms with van der Waals surface area (Å²) in [4.78, 5) is 9.16. The van der Waals surface area contributed by atoms with Gasteiger partial charge in [0.1, 0.15) is 0 Å². The van der Waals surface area contributed by atoms with Crippen molar-refractivity contribution in [2.45, 2.75) is 0 Å². The van der Waals surface area contributed by atoms with Crippen molar-refractivity contribution >= 4 is 29.0 Å². The summed E-state index contributed by atoms with van der Waals surface area (Å²) in [7, 11) is 0. The van der Waals surface area contributed by atoms with Crippen LogP contribution >= 0.6 is 22.6 Å². The molecule has 2 nitrogen and oxygen atoms in total. The number of rotatable bonds is 2. The van der Waals surface area contributed by atoms with Crippen LogP contribution in [0.1, 0.15) is 0 Å². The van der Waals surface area contributed by atoms with Gasteiger partial charge in [0.15, 0.2) is 0 Å². The fraction of sp³-hybridized carbons (Fsp3) is 0.500. The van der Waals surface area contributed by atoms with Crippen LogP contribution in [0.4, 0.5) is 0 Å². The molecule has 0 saturated heterocycles. The lowest BCUT2D eigenvalue weighted by Crippen LogP contribution is -2.04. The van der Waals surface area contributed by atoms with Gasteiger partial charge < -0.3 is 5.32 Å². The predicted octanol–water partition coefficient (Wildman–Crippen LogP) is 0.0357. The van der Waals surface area contributed by atoms with E-state index in [1.54, 1.807) is 0 Å². The lowest BCUT2D eigenvalue weighted by Gasteiger charge is -1.74. The van der Waals surface area contributed by atoms with Gasteiger partial charge in [-0.25, -0.2) is 0 Å². The lowest BCUT2D eigenvalue weighted by atomic mass is 11.2. The number of nitrogens with one attached hydrogen (secondary N) is 1. The van der Waals surface area contributed by atoms with Gasteiger partial charge in [0.25, 0.3) is 0 Å². The summed E-state index contributed by atoms with van der Waals surface area (Å²) in [6.45, 7) is 0. The van der Waals surface area contributed by atoms with Gasteiger partial charge in [-0.15, -0.1) is 0 Å². The zero-order valence-corrected chi connectivity index (χ0v) is 4.65. The monoisotopic (exact) mass is 184 g/mol. The minimum Gasteiger partial charge on any atom is -0.339 e. The summed E-state index contributed by atoms with van der Waals surface area (Å²) in [5, 5.41) is 2.29. The Labute approximate surface area is 44.1 Å². The summed E-state index contributed by atoms with van der Waals surface area (Å²) in [5.41, 5.74) is 0. The van der Waals surface area contributed by atoms with Crippen molar-refractivity contribution < 1.29 is 4.79 Å². The number of hydrogen-bond donors (Lipinski definition) is 1. The molecule has 0 unspecified atom stereocenters. The lowest BCUT2D eigenvalue weighted by molar-refractivity contribution is 0.548. The first-order valence-electron chi connectivity index (χ1n) is 1.07. The van der Waals surface area contributed by atoms with Gasteiger partial charge >= 0.3 is 6.41 Å². The molecular weight excluding hydrogens is 181 g/mol. The highest BCUT2D eigenvalue weighted by molar-refractivity contribution is 14.1. The van der Waals surface area contributed by atoms with Crippen LogP contribution < -0.4 is 5.32 Å². The molecule has 0 rings (SSSR count). The summed E-state index contributed by atoms with van der Waals surface area (Å²) >= 11 is 2.01. The molecule has 0 atom stereocenters. The van der Waals surface area contributed by atoms with Crippen LogP contribution in [0.5, 0.6) is 0 Å². The summed E-state index contributed by atoms with van der Waals surface area (Å²) in [6, 6.07) is 0. The van der Waals surface area contributed by atoms with Gasteiger partial charge in [-0.1, -0.05) is 22.6 Å². The van der Waals surface area contributed by atoms with Crippen LogP contribution in [0.3, 0.4) is 0 Å². The molecule has 1 N–H and O–H groups in total. The van der Waals surface area contributed by atoms with Gasteiger partial charge in [0, 0.05) is 0 Å². The molecule has 0 spiro atoms. The molecule has 1 radical (unpaired) electrons. The van der Waals surface area contributed by atoms with Crippen LogP contribution in [0.2, 0.25) is 0 Å². The number of carbonyl (C=O) groups excluding carboxylic acids is 1. The molecule has 0 aliphatic carbocycles. The van der Waals surface area contributed by atoms with E-state index in [4.69, 9.17) is 4.79 Å². The Balaban J connectivity index is 2.40. The Hall–Kier alpha value is 0.200. The summed E-state index contributed by atoms with van der Waals surface area (Å²) < 4.78 is 0.640. The van der Waals surface area contributed by atoms with Crippen LogP contribution in [-0.4, -0.2) is 11.0 Å². The summed E-state index contributed by atoms with van der Waals surface area (Å²) in [5.74, 6) is 0. The summed E-state index contributed by atoms with van der Waals surface area (Å²) in [6.07, 6.45) is 1.51. The first-order chi connectivity index (χ1) is 2.41. The van der Waals surface area contributed by atoms with Gasteiger partial charge in [0.05, 0.1) is 4.55 Å². The topological polar surface area (TPSA) is 29.1 Å². The second-order valence-corrected chi connectivity index (χ2v) is 1.18. The standard InChI is InChI=1S/C2H3INO/c3-1-4-2-5/h1H2,(H,4,5). The molecule has 0 aromatic carbocycles. The van der Waals surface area contributed by atoms with E-state index >= 15 is 0 Å². The van der Waals surface area contributed by atoms with Crippen molar-refractivity contribution in [2.75, 3.05) is 4.55 Å². The van der Waals surface area contributed by atoms with Gasteiger partial charge in [0.2, 0.25) is 0 Å². The Bertz CT molecular complexity index is 30.8. The van der Waals surface area contributed by atoms with Crippen molar-refractivity contribution in [3.8, 4) is 0 Å². The van der Waals surface area contributed by atoms with Gasteiger partial charge in [-0.3, -0.25) is 4.79 Å². The van der Waals surface area contributed by atoms with E-state index in [2.05, 4.69) is 5.32 Å². The normalized spacial score (nSPS) is 6.60. The quantitative estimate of drug-likeness (QED) is 0.279. The van der Waals surface area contributed by atoms with E-state index in [9.17, 15) is 0 Å². The van der Waals surface area contributed by atoms with Crippen molar-refractivity contribution in [2.24, 2.45) is 0 Å².